The van der Waals surface area contributed by atoms with E-state index in [-0.39, 0.29) is 12.3 Å². The van der Waals surface area contributed by atoms with E-state index in [0.717, 1.165) is 0 Å². The molecule has 1 aromatic heterocycles. The minimum Gasteiger partial charge on any atom is -0.457 e. The minimum atomic E-state index is -0.663. The molecule has 1 rings (SSSR count). The van der Waals surface area contributed by atoms with Gasteiger partial charge in [-0.2, -0.15) is 0 Å². The van der Waals surface area contributed by atoms with Gasteiger partial charge in [0, 0.05) is 0 Å². The molecule has 0 aliphatic carbocycles. The normalized spacial score (nSPS) is 11.9. The monoisotopic (exact) mass is 238 g/mol. The average Bonchev–Trinajstić information content (AvgIpc) is 2.66. The van der Waals surface area contributed by atoms with Crippen LogP contribution in [0.4, 0.5) is 0 Å². The van der Waals surface area contributed by atoms with E-state index in [1.807, 2.05) is 0 Å². The number of nitrogens with two attached hydrogens (primary N) is 1. The molecule has 0 radical (unpaired) electrons. The maximum Gasteiger partial charge on any atom is 0.361 e. The van der Waals surface area contributed by atoms with Crippen molar-refractivity contribution >= 4 is 11.9 Å². The van der Waals surface area contributed by atoms with Crippen molar-refractivity contribution in [3.05, 3.63) is 24.0 Å². The Morgan fingerprint density at radius 3 is 2.82 bits per heavy atom. The molecule has 1 unspecified atom stereocenters. The fourth-order valence-corrected chi connectivity index (χ4v) is 1.22. The predicted molar refractivity (Wildman–Crippen MR) is 59.1 cm³/mol. The first-order chi connectivity index (χ1) is 7.99. The maximum atomic E-state index is 11.5. The Labute approximate surface area is 98.2 Å². The largest absolute Gasteiger partial charge is 0.457 e. The van der Waals surface area contributed by atoms with Crippen molar-refractivity contribution in [1.82, 2.24) is 15.0 Å². The number of esters is 1. The van der Waals surface area contributed by atoms with E-state index in [2.05, 4.69) is 16.9 Å². The molecule has 0 aromatic carbocycles. The van der Waals surface area contributed by atoms with Gasteiger partial charge in [-0.1, -0.05) is 17.9 Å². The number of nitrogens with zero attached hydrogens (tertiary/aromatic N) is 3. The van der Waals surface area contributed by atoms with E-state index in [1.54, 1.807) is 13.8 Å². The molecule has 0 fully saturated rings. The minimum absolute atomic E-state index is 0.0694. The lowest BCUT2D eigenvalue weighted by Crippen LogP contribution is -2.25. The molecule has 1 heterocycles. The van der Waals surface area contributed by atoms with Gasteiger partial charge in [-0.25, -0.2) is 9.48 Å². The maximum absolute atomic E-state index is 11.5. The smallest absolute Gasteiger partial charge is 0.361 e. The Bertz CT molecular complexity index is 452. The highest BCUT2D eigenvalue weighted by Crippen LogP contribution is 2.11. The van der Waals surface area contributed by atoms with Crippen molar-refractivity contribution < 1.29 is 14.3 Å². The second-order valence-electron chi connectivity index (χ2n) is 3.43. The van der Waals surface area contributed by atoms with Crippen LogP contribution in [-0.4, -0.2) is 33.5 Å². The second kappa shape index (κ2) is 5.24. The third kappa shape index (κ3) is 2.68. The van der Waals surface area contributed by atoms with E-state index < -0.39 is 17.9 Å². The number of amides is 1. The van der Waals surface area contributed by atoms with Crippen LogP contribution in [0.25, 0.3) is 0 Å². The molecule has 2 N–H and O–H groups in total. The van der Waals surface area contributed by atoms with Gasteiger partial charge in [0.1, 0.15) is 12.6 Å². The van der Waals surface area contributed by atoms with Crippen LogP contribution < -0.4 is 5.73 Å². The molecule has 17 heavy (non-hydrogen) atoms. The zero-order valence-corrected chi connectivity index (χ0v) is 9.71. The molecule has 0 aliphatic rings. The van der Waals surface area contributed by atoms with Crippen LogP contribution in [0.1, 0.15) is 29.1 Å². The van der Waals surface area contributed by atoms with Crippen LogP contribution in [0, 0.1) is 6.92 Å². The van der Waals surface area contributed by atoms with E-state index in [9.17, 15) is 9.59 Å². The third-order valence-electron chi connectivity index (χ3n) is 2.23. The average molecular weight is 238 g/mol. The highest BCUT2D eigenvalue weighted by Gasteiger charge is 2.22. The van der Waals surface area contributed by atoms with Crippen LogP contribution in [-0.2, 0) is 9.53 Å². The topological polar surface area (TPSA) is 100 Å². The fourth-order valence-electron chi connectivity index (χ4n) is 1.22. The van der Waals surface area contributed by atoms with E-state index >= 15 is 0 Å². The molecule has 0 bridgehead atoms. The van der Waals surface area contributed by atoms with Crippen molar-refractivity contribution in [2.75, 3.05) is 6.61 Å². The predicted octanol–water partition coefficient (Wildman–Crippen LogP) is -0.0244. The zero-order chi connectivity index (χ0) is 13.0. The molecule has 7 nitrogen and oxygen atoms in total. The van der Waals surface area contributed by atoms with Gasteiger partial charge in [0.25, 0.3) is 0 Å². The molecule has 0 saturated heterocycles. The van der Waals surface area contributed by atoms with Crippen LogP contribution in [0.2, 0.25) is 0 Å². The van der Waals surface area contributed by atoms with Crippen molar-refractivity contribution in [3.8, 4) is 0 Å². The van der Waals surface area contributed by atoms with Gasteiger partial charge in [0.05, 0.1) is 5.69 Å². The summed E-state index contributed by atoms with van der Waals surface area (Å²) >= 11 is 0. The molecule has 1 amide bonds. The van der Waals surface area contributed by atoms with Crippen molar-refractivity contribution in [1.29, 1.82) is 0 Å². The number of aromatic nitrogens is 3. The number of rotatable bonds is 5. The number of carbonyl (C=O) groups is 2. The molecule has 0 aliphatic heterocycles. The summed E-state index contributed by atoms with van der Waals surface area (Å²) in [7, 11) is 0. The number of hydrogen-bond acceptors (Lipinski definition) is 5. The molecular weight excluding hydrogens is 224 g/mol. The zero-order valence-electron chi connectivity index (χ0n) is 9.71. The molecule has 1 atom stereocenters. The Hall–Kier alpha value is -2.18. The third-order valence-corrected chi connectivity index (χ3v) is 2.23. The van der Waals surface area contributed by atoms with Crippen LogP contribution in [0.5, 0.6) is 0 Å². The lowest BCUT2D eigenvalue weighted by molar-refractivity contribution is -0.121. The Morgan fingerprint density at radius 2 is 2.29 bits per heavy atom. The van der Waals surface area contributed by atoms with Crippen molar-refractivity contribution in [2.24, 2.45) is 5.73 Å². The summed E-state index contributed by atoms with van der Waals surface area (Å²) in [5.41, 5.74) is 5.65. The summed E-state index contributed by atoms with van der Waals surface area (Å²) in [6.07, 6.45) is 1.45. The lowest BCUT2D eigenvalue weighted by Gasteiger charge is -2.08. The Morgan fingerprint density at radius 1 is 1.65 bits per heavy atom. The Balaban J connectivity index is 2.94. The van der Waals surface area contributed by atoms with Gasteiger partial charge in [-0.15, -0.1) is 5.10 Å². The van der Waals surface area contributed by atoms with E-state index in [4.69, 9.17) is 10.5 Å². The van der Waals surface area contributed by atoms with Gasteiger partial charge in [0.15, 0.2) is 5.69 Å². The van der Waals surface area contributed by atoms with Crippen molar-refractivity contribution in [3.63, 3.8) is 0 Å². The van der Waals surface area contributed by atoms with E-state index in [0.29, 0.717) is 5.69 Å². The van der Waals surface area contributed by atoms with Crippen LogP contribution in [0.15, 0.2) is 12.7 Å². The van der Waals surface area contributed by atoms with Gasteiger partial charge in [-0.05, 0) is 13.8 Å². The molecular formula is C10H14N4O3. The summed E-state index contributed by atoms with van der Waals surface area (Å²) in [6, 6.07) is -0.663. The number of primary amides is 1. The molecule has 92 valence electrons. The Kier molecular flexibility index (Phi) is 3.97. The standard InChI is InChI=1S/C10H14N4O3/c1-4-5-17-10(16)8-6(2)14(13-12-8)7(3)9(11)15/h4,7H,1,5H2,2-3H3,(H2,11,15). The molecule has 1 aromatic rings. The summed E-state index contributed by atoms with van der Waals surface area (Å²) < 4.78 is 6.11. The van der Waals surface area contributed by atoms with Gasteiger partial charge >= 0.3 is 5.97 Å². The van der Waals surface area contributed by atoms with Crippen LogP contribution in [0.3, 0.4) is 0 Å². The van der Waals surface area contributed by atoms with Gasteiger partial charge in [0.2, 0.25) is 5.91 Å². The lowest BCUT2D eigenvalue weighted by atomic mass is 10.3. The van der Waals surface area contributed by atoms with Crippen molar-refractivity contribution in [2.45, 2.75) is 19.9 Å². The van der Waals surface area contributed by atoms with Crippen LogP contribution >= 0.6 is 0 Å². The summed E-state index contributed by atoms with van der Waals surface area (Å²) in [4.78, 5) is 22.5. The molecule has 0 spiro atoms. The quantitative estimate of drug-likeness (QED) is 0.573. The highest BCUT2D eigenvalue weighted by molar-refractivity contribution is 5.88. The van der Waals surface area contributed by atoms with Gasteiger partial charge in [-0.3, -0.25) is 4.79 Å². The first-order valence-electron chi connectivity index (χ1n) is 4.98. The van der Waals surface area contributed by atoms with Gasteiger partial charge < -0.3 is 10.5 Å². The first-order valence-corrected chi connectivity index (χ1v) is 4.98. The SMILES string of the molecule is C=CCOC(=O)c1nnn(C(C)C(N)=O)c1C. The molecule has 7 heteroatoms. The van der Waals surface area contributed by atoms with E-state index in [1.165, 1.54) is 10.8 Å². The summed E-state index contributed by atoms with van der Waals surface area (Å²) in [6.45, 7) is 6.71. The summed E-state index contributed by atoms with van der Waals surface area (Å²) in [5, 5.41) is 7.37. The number of hydrogen-bond donors (Lipinski definition) is 1. The summed E-state index contributed by atoms with van der Waals surface area (Å²) in [5.74, 6) is -1.16. The number of carbonyl (C=O) groups excluding carboxylic acids is 2. The second-order valence-corrected chi connectivity index (χ2v) is 3.43. The molecule has 0 saturated carbocycles. The first kappa shape index (κ1) is 12.9. The highest BCUT2D eigenvalue weighted by atomic mass is 16.5. The fraction of sp³-hybridized carbons (Fsp3) is 0.400. The number of ether oxygens (including phenoxy) is 1.